The predicted octanol–water partition coefficient (Wildman–Crippen LogP) is 1.85. The maximum Gasteiger partial charge on any atom is 0.222 e. The number of benzene rings is 1. The zero-order valence-electron chi connectivity index (χ0n) is 12.6. The van der Waals surface area contributed by atoms with E-state index < -0.39 is 0 Å². The highest BCUT2D eigenvalue weighted by Crippen LogP contribution is 2.12. The van der Waals surface area contributed by atoms with Gasteiger partial charge in [0.05, 0.1) is 0 Å². The summed E-state index contributed by atoms with van der Waals surface area (Å²) in [5, 5.41) is 3.44. The number of carbonyl (C=O) groups is 1. The molecule has 1 aliphatic heterocycles. The number of likely N-dealkylation sites (tertiary alicyclic amines) is 1. The van der Waals surface area contributed by atoms with Gasteiger partial charge in [-0.05, 0) is 37.1 Å². The first-order valence-electron chi connectivity index (χ1n) is 7.41. The molecule has 0 bridgehead atoms. The average molecular weight is 275 g/mol. The molecule has 1 aromatic carbocycles. The molecule has 1 heterocycles. The summed E-state index contributed by atoms with van der Waals surface area (Å²) in [5.74, 6) is 0.323. The van der Waals surface area contributed by atoms with Gasteiger partial charge in [0.1, 0.15) is 0 Å². The van der Waals surface area contributed by atoms with Crippen molar-refractivity contribution in [3.8, 4) is 0 Å². The van der Waals surface area contributed by atoms with Crippen LogP contribution < -0.4 is 10.2 Å². The summed E-state index contributed by atoms with van der Waals surface area (Å²) in [6.45, 7) is 3.69. The van der Waals surface area contributed by atoms with Gasteiger partial charge in [0.25, 0.3) is 0 Å². The minimum atomic E-state index is 0.323. The second-order valence-corrected chi connectivity index (χ2v) is 5.58. The van der Waals surface area contributed by atoms with E-state index in [1.165, 1.54) is 11.3 Å². The van der Waals surface area contributed by atoms with Crippen molar-refractivity contribution < 1.29 is 4.79 Å². The van der Waals surface area contributed by atoms with Gasteiger partial charge in [-0.15, -0.1) is 0 Å². The second-order valence-electron chi connectivity index (χ2n) is 5.58. The monoisotopic (exact) mass is 275 g/mol. The molecule has 1 aliphatic rings. The van der Waals surface area contributed by atoms with E-state index in [1.54, 1.807) is 0 Å². The quantitative estimate of drug-likeness (QED) is 0.772. The lowest BCUT2D eigenvalue weighted by Gasteiger charge is -2.15. The zero-order valence-corrected chi connectivity index (χ0v) is 12.6. The average Bonchev–Trinajstić information content (AvgIpc) is 2.84. The standard InChI is InChI=1S/C16H25N3O/c1-18(2)15-8-6-14(7-9-15)13-17-10-4-12-19-11-3-5-16(19)20/h6-9,17H,3-5,10-13H2,1-2H3. The van der Waals surface area contributed by atoms with E-state index in [-0.39, 0.29) is 0 Å². The van der Waals surface area contributed by atoms with Crippen LogP contribution in [0.2, 0.25) is 0 Å². The first kappa shape index (κ1) is 14.9. The number of carbonyl (C=O) groups excluding carboxylic acids is 1. The Hall–Kier alpha value is -1.55. The van der Waals surface area contributed by atoms with Crippen molar-refractivity contribution in [3.63, 3.8) is 0 Å². The molecule has 4 nitrogen and oxygen atoms in total. The summed E-state index contributed by atoms with van der Waals surface area (Å²) in [6.07, 6.45) is 2.80. The number of hydrogen-bond acceptors (Lipinski definition) is 3. The Balaban J connectivity index is 1.62. The Morgan fingerprint density at radius 2 is 2.00 bits per heavy atom. The fourth-order valence-corrected chi connectivity index (χ4v) is 2.48. The number of anilines is 1. The van der Waals surface area contributed by atoms with Gasteiger partial charge >= 0.3 is 0 Å². The van der Waals surface area contributed by atoms with Crippen LogP contribution in [-0.4, -0.2) is 44.5 Å². The molecule has 0 unspecified atom stereocenters. The number of hydrogen-bond donors (Lipinski definition) is 1. The number of amides is 1. The van der Waals surface area contributed by atoms with Gasteiger partial charge in [-0.25, -0.2) is 0 Å². The van der Waals surface area contributed by atoms with Gasteiger partial charge < -0.3 is 15.1 Å². The highest BCUT2D eigenvalue weighted by molar-refractivity contribution is 5.77. The fourth-order valence-electron chi connectivity index (χ4n) is 2.48. The molecule has 0 saturated carbocycles. The number of nitrogens with zero attached hydrogens (tertiary/aromatic N) is 2. The molecule has 0 radical (unpaired) electrons. The minimum absolute atomic E-state index is 0.323. The van der Waals surface area contributed by atoms with E-state index in [2.05, 4.69) is 34.5 Å². The molecule has 20 heavy (non-hydrogen) atoms. The van der Waals surface area contributed by atoms with Crippen molar-refractivity contribution in [3.05, 3.63) is 29.8 Å². The number of rotatable bonds is 7. The van der Waals surface area contributed by atoms with Crippen molar-refractivity contribution >= 4 is 11.6 Å². The van der Waals surface area contributed by atoms with Crippen LogP contribution in [0, 0.1) is 0 Å². The lowest BCUT2D eigenvalue weighted by Crippen LogP contribution is -2.28. The van der Waals surface area contributed by atoms with Crippen molar-refractivity contribution in [1.82, 2.24) is 10.2 Å². The molecule has 1 aromatic rings. The van der Waals surface area contributed by atoms with Crippen LogP contribution in [0.25, 0.3) is 0 Å². The molecule has 110 valence electrons. The van der Waals surface area contributed by atoms with E-state index in [0.717, 1.165) is 45.4 Å². The SMILES string of the molecule is CN(C)c1ccc(CNCCCN2CCCC2=O)cc1. The van der Waals surface area contributed by atoms with Crippen molar-refractivity contribution in [2.45, 2.75) is 25.8 Å². The van der Waals surface area contributed by atoms with Gasteiger partial charge in [-0.3, -0.25) is 4.79 Å². The molecular weight excluding hydrogens is 250 g/mol. The Morgan fingerprint density at radius 3 is 2.60 bits per heavy atom. The molecule has 0 spiro atoms. The van der Waals surface area contributed by atoms with Crippen molar-refractivity contribution in [2.24, 2.45) is 0 Å². The Bertz CT molecular complexity index is 428. The summed E-state index contributed by atoms with van der Waals surface area (Å²) in [6, 6.07) is 8.60. The summed E-state index contributed by atoms with van der Waals surface area (Å²) >= 11 is 0. The summed E-state index contributed by atoms with van der Waals surface area (Å²) in [4.78, 5) is 15.5. The molecule has 1 amide bonds. The van der Waals surface area contributed by atoms with Gasteiger partial charge in [0.2, 0.25) is 5.91 Å². The Kier molecular flexibility index (Phi) is 5.41. The normalized spacial score (nSPS) is 14.9. The zero-order chi connectivity index (χ0) is 14.4. The third-order valence-corrected chi connectivity index (χ3v) is 3.73. The fraction of sp³-hybridized carbons (Fsp3) is 0.562. The van der Waals surface area contributed by atoms with E-state index in [4.69, 9.17) is 0 Å². The van der Waals surface area contributed by atoms with Gasteiger partial charge in [-0.1, -0.05) is 12.1 Å². The van der Waals surface area contributed by atoms with Crippen LogP contribution in [0.5, 0.6) is 0 Å². The maximum absolute atomic E-state index is 11.4. The lowest BCUT2D eigenvalue weighted by molar-refractivity contribution is -0.127. The molecule has 1 saturated heterocycles. The van der Waals surface area contributed by atoms with Gasteiger partial charge in [0.15, 0.2) is 0 Å². The molecule has 0 atom stereocenters. The van der Waals surface area contributed by atoms with E-state index in [1.807, 2.05) is 19.0 Å². The third kappa shape index (κ3) is 4.23. The summed E-state index contributed by atoms with van der Waals surface area (Å²) < 4.78 is 0. The summed E-state index contributed by atoms with van der Waals surface area (Å²) in [7, 11) is 4.10. The lowest BCUT2D eigenvalue weighted by atomic mass is 10.2. The summed E-state index contributed by atoms with van der Waals surface area (Å²) in [5.41, 5.74) is 2.52. The largest absolute Gasteiger partial charge is 0.378 e. The van der Waals surface area contributed by atoms with Crippen LogP contribution in [0.3, 0.4) is 0 Å². The third-order valence-electron chi connectivity index (χ3n) is 3.73. The Morgan fingerprint density at radius 1 is 1.25 bits per heavy atom. The van der Waals surface area contributed by atoms with Gasteiger partial charge in [0, 0.05) is 45.8 Å². The molecule has 0 aliphatic carbocycles. The van der Waals surface area contributed by atoms with E-state index in [0.29, 0.717) is 5.91 Å². The smallest absolute Gasteiger partial charge is 0.222 e. The van der Waals surface area contributed by atoms with Crippen molar-refractivity contribution in [2.75, 3.05) is 38.6 Å². The molecule has 4 heteroatoms. The molecular formula is C16H25N3O. The van der Waals surface area contributed by atoms with Crippen LogP contribution in [0.15, 0.2) is 24.3 Å². The topological polar surface area (TPSA) is 35.6 Å². The maximum atomic E-state index is 11.4. The first-order chi connectivity index (χ1) is 9.66. The van der Waals surface area contributed by atoms with Gasteiger partial charge in [-0.2, -0.15) is 0 Å². The van der Waals surface area contributed by atoms with Crippen LogP contribution in [0.1, 0.15) is 24.8 Å². The molecule has 2 rings (SSSR count). The molecule has 1 fully saturated rings. The van der Waals surface area contributed by atoms with Crippen LogP contribution in [0.4, 0.5) is 5.69 Å². The van der Waals surface area contributed by atoms with Crippen molar-refractivity contribution in [1.29, 1.82) is 0 Å². The van der Waals surface area contributed by atoms with Crippen LogP contribution in [-0.2, 0) is 11.3 Å². The molecule has 0 aromatic heterocycles. The van der Waals surface area contributed by atoms with Crippen LogP contribution >= 0.6 is 0 Å². The first-order valence-corrected chi connectivity index (χ1v) is 7.41. The molecule has 1 N–H and O–H groups in total. The number of nitrogens with one attached hydrogen (secondary N) is 1. The van der Waals surface area contributed by atoms with E-state index >= 15 is 0 Å². The van der Waals surface area contributed by atoms with E-state index in [9.17, 15) is 4.79 Å². The highest BCUT2D eigenvalue weighted by Gasteiger charge is 2.18. The Labute approximate surface area is 121 Å². The second kappa shape index (κ2) is 7.29. The predicted molar refractivity (Wildman–Crippen MR) is 82.9 cm³/mol. The minimum Gasteiger partial charge on any atom is -0.378 e. The highest BCUT2D eigenvalue weighted by atomic mass is 16.2.